The van der Waals surface area contributed by atoms with Crippen molar-refractivity contribution in [3.8, 4) is 0 Å². The summed E-state index contributed by atoms with van der Waals surface area (Å²) in [6.07, 6.45) is 4.65. The highest BCUT2D eigenvalue weighted by molar-refractivity contribution is 5.80. The minimum Gasteiger partial charge on any atom is -0.381 e. The highest BCUT2D eigenvalue weighted by Crippen LogP contribution is 2.21. The number of hydrogen-bond donors (Lipinski definition) is 2. The van der Waals surface area contributed by atoms with Gasteiger partial charge in [0.05, 0.1) is 6.61 Å². The SMILES string of the molecule is CN=C(NCC(C)(C)Cc1ccccc1)NC1CCN(CC2CCOC2)CC1. The third-order valence-electron chi connectivity index (χ3n) is 5.95. The van der Waals surface area contributed by atoms with Crippen LogP contribution in [-0.2, 0) is 11.2 Å². The van der Waals surface area contributed by atoms with Gasteiger partial charge in [0.1, 0.15) is 0 Å². The fourth-order valence-electron chi connectivity index (χ4n) is 4.27. The average Bonchev–Trinajstić information content (AvgIpc) is 3.20. The fourth-order valence-corrected chi connectivity index (χ4v) is 4.27. The minimum absolute atomic E-state index is 0.172. The second-order valence-corrected chi connectivity index (χ2v) is 9.20. The minimum atomic E-state index is 0.172. The maximum Gasteiger partial charge on any atom is 0.191 e. The van der Waals surface area contributed by atoms with Crippen LogP contribution in [-0.4, -0.2) is 63.3 Å². The van der Waals surface area contributed by atoms with Crippen molar-refractivity contribution in [2.24, 2.45) is 16.3 Å². The zero-order valence-corrected chi connectivity index (χ0v) is 17.9. The zero-order valence-electron chi connectivity index (χ0n) is 17.9. The van der Waals surface area contributed by atoms with Gasteiger partial charge in [0.25, 0.3) is 0 Å². The normalized spacial score (nSPS) is 22.4. The molecular formula is C23H38N4O. The smallest absolute Gasteiger partial charge is 0.191 e. The predicted octanol–water partition coefficient (Wildman–Crippen LogP) is 2.92. The molecule has 2 saturated heterocycles. The number of guanidine groups is 1. The first kappa shape index (κ1) is 21.1. The molecular weight excluding hydrogens is 348 g/mol. The Bertz CT molecular complexity index is 602. The van der Waals surface area contributed by atoms with E-state index in [2.05, 4.69) is 64.7 Å². The van der Waals surface area contributed by atoms with Gasteiger partial charge in [-0.1, -0.05) is 44.2 Å². The van der Waals surface area contributed by atoms with Crippen LogP contribution >= 0.6 is 0 Å². The molecule has 2 fully saturated rings. The number of hydrogen-bond acceptors (Lipinski definition) is 3. The molecule has 1 unspecified atom stereocenters. The van der Waals surface area contributed by atoms with Crippen molar-refractivity contribution in [1.82, 2.24) is 15.5 Å². The predicted molar refractivity (Wildman–Crippen MR) is 117 cm³/mol. The summed E-state index contributed by atoms with van der Waals surface area (Å²) in [6.45, 7) is 11.0. The van der Waals surface area contributed by atoms with Crippen molar-refractivity contribution in [3.63, 3.8) is 0 Å². The molecule has 2 heterocycles. The van der Waals surface area contributed by atoms with Gasteiger partial charge in [-0.15, -0.1) is 0 Å². The van der Waals surface area contributed by atoms with Crippen LogP contribution in [0.5, 0.6) is 0 Å². The molecule has 1 aromatic rings. The van der Waals surface area contributed by atoms with E-state index in [1.807, 2.05) is 7.05 Å². The number of aliphatic imine (C=N–C) groups is 1. The van der Waals surface area contributed by atoms with E-state index in [4.69, 9.17) is 4.74 Å². The van der Waals surface area contributed by atoms with Gasteiger partial charge in [-0.3, -0.25) is 4.99 Å². The lowest BCUT2D eigenvalue weighted by Crippen LogP contribution is -2.50. The van der Waals surface area contributed by atoms with Gasteiger partial charge in [0.15, 0.2) is 5.96 Å². The van der Waals surface area contributed by atoms with Crippen LogP contribution in [0.25, 0.3) is 0 Å². The van der Waals surface area contributed by atoms with Gasteiger partial charge in [-0.05, 0) is 42.6 Å². The molecule has 0 aliphatic carbocycles. The Morgan fingerprint density at radius 2 is 1.93 bits per heavy atom. The second kappa shape index (κ2) is 10.3. The van der Waals surface area contributed by atoms with E-state index >= 15 is 0 Å². The molecule has 0 amide bonds. The van der Waals surface area contributed by atoms with E-state index in [0.29, 0.717) is 6.04 Å². The number of nitrogens with zero attached hydrogens (tertiary/aromatic N) is 2. The van der Waals surface area contributed by atoms with E-state index in [1.54, 1.807) is 0 Å². The number of rotatable bonds is 7. The van der Waals surface area contributed by atoms with E-state index in [1.165, 1.54) is 44.5 Å². The molecule has 0 radical (unpaired) electrons. The molecule has 5 heteroatoms. The van der Waals surface area contributed by atoms with E-state index in [9.17, 15) is 0 Å². The molecule has 1 atom stereocenters. The highest BCUT2D eigenvalue weighted by atomic mass is 16.5. The van der Waals surface area contributed by atoms with Crippen molar-refractivity contribution in [1.29, 1.82) is 0 Å². The average molecular weight is 387 g/mol. The molecule has 0 saturated carbocycles. The molecule has 2 aliphatic rings. The Labute approximate surface area is 170 Å². The first-order chi connectivity index (χ1) is 13.5. The number of nitrogens with one attached hydrogen (secondary N) is 2. The molecule has 1 aromatic carbocycles. The van der Waals surface area contributed by atoms with E-state index in [-0.39, 0.29) is 5.41 Å². The summed E-state index contributed by atoms with van der Waals surface area (Å²) in [5.41, 5.74) is 1.56. The van der Waals surface area contributed by atoms with Gasteiger partial charge < -0.3 is 20.3 Å². The van der Waals surface area contributed by atoms with E-state index in [0.717, 1.165) is 38.1 Å². The van der Waals surface area contributed by atoms with Crippen molar-refractivity contribution in [2.45, 2.75) is 45.6 Å². The molecule has 0 spiro atoms. The molecule has 2 N–H and O–H groups in total. The van der Waals surface area contributed by atoms with Gasteiger partial charge in [0.2, 0.25) is 0 Å². The molecule has 0 bridgehead atoms. The summed E-state index contributed by atoms with van der Waals surface area (Å²) >= 11 is 0. The quantitative estimate of drug-likeness (QED) is 0.559. The lowest BCUT2D eigenvalue weighted by atomic mass is 9.86. The summed E-state index contributed by atoms with van der Waals surface area (Å²) in [4.78, 5) is 7.07. The molecule has 2 aliphatic heterocycles. The maximum atomic E-state index is 5.52. The van der Waals surface area contributed by atoms with Gasteiger partial charge >= 0.3 is 0 Å². The summed E-state index contributed by atoms with van der Waals surface area (Å²) in [5.74, 6) is 1.68. The number of piperidine rings is 1. The maximum absolute atomic E-state index is 5.52. The molecule has 0 aromatic heterocycles. The van der Waals surface area contributed by atoms with Crippen LogP contribution in [0.15, 0.2) is 35.3 Å². The van der Waals surface area contributed by atoms with Gasteiger partial charge in [-0.25, -0.2) is 0 Å². The van der Waals surface area contributed by atoms with E-state index < -0.39 is 0 Å². The monoisotopic (exact) mass is 386 g/mol. The lowest BCUT2D eigenvalue weighted by Gasteiger charge is -2.34. The first-order valence-electron chi connectivity index (χ1n) is 10.9. The summed E-state index contributed by atoms with van der Waals surface area (Å²) in [7, 11) is 1.87. The largest absolute Gasteiger partial charge is 0.381 e. The number of ether oxygens (including phenoxy) is 1. The van der Waals surface area contributed by atoms with Gasteiger partial charge in [-0.2, -0.15) is 0 Å². The molecule has 28 heavy (non-hydrogen) atoms. The fraction of sp³-hybridized carbons (Fsp3) is 0.696. The molecule has 156 valence electrons. The summed E-state index contributed by atoms with van der Waals surface area (Å²) in [5, 5.41) is 7.20. The third-order valence-corrected chi connectivity index (χ3v) is 5.95. The standard InChI is InChI=1S/C23H38N4O/c1-23(2,15-19-7-5-4-6-8-19)18-25-22(24-3)26-21-9-12-27(13-10-21)16-20-11-14-28-17-20/h4-8,20-21H,9-18H2,1-3H3,(H2,24,25,26). The van der Waals surface area contributed by atoms with Crippen LogP contribution < -0.4 is 10.6 Å². The zero-order chi connectivity index (χ0) is 19.8. The number of benzene rings is 1. The Hall–Kier alpha value is -1.59. The van der Waals surface area contributed by atoms with Crippen molar-refractivity contribution in [3.05, 3.63) is 35.9 Å². The van der Waals surface area contributed by atoms with Crippen LogP contribution in [0.1, 0.15) is 38.7 Å². The highest BCUT2D eigenvalue weighted by Gasteiger charge is 2.25. The second-order valence-electron chi connectivity index (χ2n) is 9.20. The Morgan fingerprint density at radius 3 is 2.57 bits per heavy atom. The summed E-state index contributed by atoms with van der Waals surface area (Å²) < 4.78 is 5.52. The number of likely N-dealkylation sites (tertiary alicyclic amines) is 1. The third kappa shape index (κ3) is 6.78. The molecule has 5 nitrogen and oxygen atoms in total. The Kier molecular flexibility index (Phi) is 7.74. The van der Waals surface area contributed by atoms with Crippen LogP contribution in [0.4, 0.5) is 0 Å². The Morgan fingerprint density at radius 1 is 1.18 bits per heavy atom. The van der Waals surface area contributed by atoms with Crippen molar-refractivity contribution < 1.29 is 4.74 Å². The van der Waals surface area contributed by atoms with Crippen molar-refractivity contribution in [2.75, 3.05) is 46.4 Å². The van der Waals surface area contributed by atoms with Crippen LogP contribution in [0.3, 0.4) is 0 Å². The summed E-state index contributed by atoms with van der Waals surface area (Å²) in [6, 6.07) is 11.2. The molecule has 3 rings (SSSR count). The van der Waals surface area contributed by atoms with Crippen molar-refractivity contribution >= 4 is 5.96 Å². The van der Waals surface area contributed by atoms with Crippen LogP contribution in [0.2, 0.25) is 0 Å². The van der Waals surface area contributed by atoms with Crippen LogP contribution in [0, 0.1) is 11.3 Å². The van der Waals surface area contributed by atoms with Gasteiger partial charge in [0, 0.05) is 45.9 Å². The topological polar surface area (TPSA) is 48.9 Å². The first-order valence-corrected chi connectivity index (χ1v) is 10.9. The lowest BCUT2D eigenvalue weighted by molar-refractivity contribution is 0.150. The Balaban J connectivity index is 1.38.